The number of thiocarbonyl (C=S) groups is 2. The Labute approximate surface area is 193 Å². The number of hydrogen-bond acceptors (Lipinski definition) is 5. The molecule has 1 aromatic rings. The standard InChI is InChI=1S/C22H29FN4O2S2/c1-15(30)24-13-18-14-27(22(28)29-18)17-6-7-20(19(23)12-17)25-8-10-26(11-9-25)21(31)16-4-2-3-5-16/h6-7,12,16,18H,2-5,8-11,13-14H2,1H3,(H,24,30)/t18-/m0/s1. The molecular weight excluding hydrogens is 435 g/mol. The lowest BCUT2D eigenvalue weighted by Gasteiger charge is -2.39. The lowest BCUT2D eigenvalue weighted by atomic mass is 10.1. The van der Waals surface area contributed by atoms with Crippen LogP contribution in [0.2, 0.25) is 0 Å². The molecule has 1 amide bonds. The molecule has 3 fully saturated rings. The minimum atomic E-state index is -0.463. The number of carbonyl (C=O) groups excluding carboxylic acids is 1. The summed E-state index contributed by atoms with van der Waals surface area (Å²) in [5.41, 5.74) is 1.08. The number of piperazine rings is 1. The van der Waals surface area contributed by atoms with Gasteiger partial charge in [-0.05, 0) is 38.0 Å². The maximum absolute atomic E-state index is 15.0. The van der Waals surface area contributed by atoms with Gasteiger partial charge in [-0.25, -0.2) is 9.18 Å². The zero-order valence-electron chi connectivity index (χ0n) is 17.8. The van der Waals surface area contributed by atoms with Gasteiger partial charge in [0.15, 0.2) is 0 Å². The lowest BCUT2D eigenvalue weighted by molar-refractivity contribution is 0.143. The highest BCUT2D eigenvalue weighted by Crippen LogP contribution is 2.30. The number of anilines is 2. The smallest absolute Gasteiger partial charge is 0.414 e. The molecule has 2 saturated heterocycles. The molecule has 4 rings (SSSR count). The molecule has 168 valence electrons. The molecule has 0 radical (unpaired) electrons. The number of benzene rings is 1. The van der Waals surface area contributed by atoms with Crippen LogP contribution in [0.4, 0.5) is 20.6 Å². The van der Waals surface area contributed by atoms with Crippen LogP contribution in [0.5, 0.6) is 0 Å². The fraction of sp³-hybridized carbons (Fsp3) is 0.591. The first-order valence-corrected chi connectivity index (χ1v) is 11.8. The van der Waals surface area contributed by atoms with Crippen molar-refractivity contribution in [1.82, 2.24) is 10.2 Å². The zero-order valence-corrected chi connectivity index (χ0v) is 19.4. The van der Waals surface area contributed by atoms with Crippen LogP contribution in [0.3, 0.4) is 0 Å². The molecular formula is C22H29FN4O2S2. The lowest BCUT2D eigenvalue weighted by Crippen LogP contribution is -2.49. The summed E-state index contributed by atoms with van der Waals surface area (Å²) in [7, 11) is 0. The number of amides is 1. The Hall–Kier alpha value is -2.00. The number of nitrogens with zero attached hydrogens (tertiary/aromatic N) is 3. The van der Waals surface area contributed by atoms with Gasteiger partial charge < -0.3 is 19.9 Å². The second-order valence-electron chi connectivity index (χ2n) is 8.48. The topological polar surface area (TPSA) is 48.0 Å². The summed E-state index contributed by atoms with van der Waals surface area (Å²) in [6, 6.07) is 4.97. The average molecular weight is 465 g/mol. The summed E-state index contributed by atoms with van der Waals surface area (Å²) in [5, 5.41) is 3.01. The summed E-state index contributed by atoms with van der Waals surface area (Å²) >= 11 is 10.7. The van der Waals surface area contributed by atoms with E-state index in [1.807, 2.05) is 0 Å². The molecule has 2 aliphatic heterocycles. The van der Waals surface area contributed by atoms with Crippen LogP contribution in [0.1, 0.15) is 32.6 Å². The van der Waals surface area contributed by atoms with Crippen molar-refractivity contribution in [1.29, 1.82) is 0 Å². The first kappa shape index (κ1) is 22.2. The Balaban J connectivity index is 1.35. The van der Waals surface area contributed by atoms with Gasteiger partial charge >= 0.3 is 6.09 Å². The first-order valence-electron chi connectivity index (χ1n) is 11.0. The van der Waals surface area contributed by atoms with Gasteiger partial charge in [0.1, 0.15) is 11.9 Å². The molecule has 0 unspecified atom stereocenters. The SMILES string of the molecule is CC(=S)NC[C@H]1CN(c2ccc(N3CCN(C(=S)C4CCCC4)CC3)c(F)c2)C(=O)O1. The molecule has 1 saturated carbocycles. The van der Waals surface area contributed by atoms with Crippen LogP contribution in [0.15, 0.2) is 18.2 Å². The third kappa shape index (κ3) is 5.09. The Morgan fingerprint density at radius 3 is 2.55 bits per heavy atom. The van der Waals surface area contributed by atoms with E-state index in [4.69, 9.17) is 29.2 Å². The van der Waals surface area contributed by atoms with Crippen LogP contribution in [-0.4, -0.2) is 66.3 Å². The number of cyclic esters (lactones) is 1. The Morgan fingerprint density at radius 2 is 1.90 bits per heavy atom. The van der Waals surface area contributed by atoms with Gasteiger partial charge in [-0.15, -0.1) is 0 Å². The number of hydrogen-bond donors (Lipinski definition) is 1. The number of carbonyl (C=O) groups is 1. The molecule has 0 bridgehead atoms. The van der Waals surface area contributed by atoms with Crippen LogP contribution < -0.4 is 15.1 Å². The van der Waals surface area contributed by atoms with Crippen molar-refractivity contribution in [3.8, 4) is 0 Å². The number of nitrogens with one attached hydrogen (secondary N) is 1. The van der Waals surface area contributed by atoms with E-state index in [1.165, 1.54) is 36.6 Å². The van der Waals surface area contributed by atoms with Crippen molar-refractivity contribution in [2.75, 3.05) is 49.1 Å². The second-order valence-corrected chi connectivity index (χ2v) is 9.51. The normalized spacial score (nSPS) is 22.1. The Bertz CT molecular complexity index is 854. The summed E-state index contributed by atoms with van der Waals surface area (Å²) in [6.07, 6.45) is 4.18. The van der Waals surface area contributed by atoms with Gasteiger partial charge in [0, 0.05) is 32.1 Å². The van der Waals surface area contributed by atoms with Crippen molar-refractivity contribution in [2.24, 2.45) is 5.92 Å². The van der Waals surface area contributed by atoms with Gasteiger partial charge in [-0.2, -0.15) is 0 Å². The molecule has 1 aromatic carbocycles. The minimum absolute atomic E-state index is 0.315. The van der Waals surface area contributed by atoms with Gasteiger partial charge in [-0.1, -0.05) is 37.3 Å². The average Bonchev–Trinajstić information content (AvgIpc) is 3.42. The molecule has 31 heavy (non-hydrogen) atoms. The molecule has 0 spiro atoms. The van der Waals surface area contributed by atoms with E-state index in [1.54, 1.807) is 19.1 Å². The van der Waals surface area contributed by atoms with Crippen LogP contribution in [-0.2, 0) is 4.74 Å². The van der Waals surface area contributed by atoms with Gasteiger partial charge in [0.05, 0.1) is 34.4 Å². The van der Waals surface area contributed by atoms with E-state index in [-0.39, 0.29) is 11.9 Å². The summed E-state index contributed by atoms with van der Waals surface area (Å²) in [4.78, 5) is 19.8. The van der Waals surface area contributed by atoms with E-state index in [9.17, 15) is 9.18 Å². The fourth-order valence-electron chi connectivity index (χ4n) is 4.62. The van der Waals surface area contributed by atoms with Crippen molar-refractivity contribution in [3.05, 3.63) is 24.0 Å². The highest BCUT2D eigenvalue weighted by atomic mass is 32.1. The molecule has 9 heteroatoms. The number of halogens is 1. The van der Waals surface area contributed by atoms with E-state index < -0.39 is 6.09 Å². The third-order valence-electron chi connectivity index (χ3n) is 6.33. The van der Waals surface area contributed by atoms with Crippen LogP contribution in [0.25, 0.3) is 0 Å². The maximum Gasteiger partial charge on any atom is 0.414 e. The van der Waals surface area contributed by atoms with Crippen LogP contribution >= 0.6 is 24.4 Å². The minimum Gasteiger partial charge on any atom is -0.442 e. The van der Waals surface area contributed by atoms with Gasteiger partial charge in [0.25, 0.3) is 0 Å². The highest BCUT2D eigenvalue weighted by Gasteiger charge is 2.33. The fourth-order valence-corrected chi connectivity index (χ4v) is 5.12. The van der Waals surface area contributed by atoms with E-state index in [2.05, 4.69) is 15.1 Å². The zero-order chi connectivity index (χ0) is 22.0. The highest BCUT2D eigenvalue weighted by molar-refractivity contribution is 7.80. The first-order chi connectivity index (χ1) is 14.9. The summed E-state index contributed by atoms with van der Waals surface area (Å²) in [5.74, 6) is 0.221. The molecule has 1 N–H and O–H groups in total. The van der Waals surface area contributed by atoms with E-state index >= 15 is 0 Å². The van der Waals surface area contributed by atoms with Gasteiger partial charge in [-0.3, -0.25) is 4.90 Å². The monoisotopic (exact) mass is 464 g/mol. The number of rotatable bonds is 5. The third-order valence-corrected chi connectivity index (χ3v) is 7.07. The van der Waals surface area contributed by atoms with Gasteiger partial charge in [0.2, 0.25) is 0 Å². The maximum atomic E-state index is 15.0. The molecule has 1 aliphatic carbocycles. The summed E-state index contributed by atoms with van der Waals surface area (Å²) < 4.78 is 20.3. The van der Waals surface area contributed by atoms with E-state index in [0.717, 1.165) is 31.2 Å². The van der Waals surface area contributed by atoms with Crippen molar-refractivity contribution in [2.45, 2.75) is 38.7 Å². The molecule has 0 aromatic heterocycles. The van der Waals surface area contributed by atoms with Crippen molar-refractivity contribution in [3.63, 3.8) is 0 Å². The Morgan fingerprint density at radius 1 is 1.19 bits per heavy atom. The largest absolute Gasteiger partial charge is 0.442 e. The quantitative estimate of drug-likeness (QED) is 0.667. The molecule has 1 atom stereocenters. The van der Waals surface area contributed by atoms with E-state index in [0.29, 0.717) is 35.4 Å². The number of ether oxygens (including phenoxy) is 1. The van der Waals surface area contributed by atoms with Crippen LogP contribution in [0, 0.1) is 11.7 Å². The van der Waals surface area contributed by atoms with Crippen molar-refractivity contribution >= 4 is 51.9 Å². The molecule has 2 heterocycles. The molecule has 3 aliphatic rings. The second kappa shape index (κ2) is 9.65. The van der Waals surface area contributed by atoms with Crippen molar-refractivity contribution < 1.29 is 13.9 Å². The Kier molecular flexibility index (Phi) is 6.91. The predicted octanol–water partition coefficient (Wildman–Crippen LogP) is 3.73. The predicted molar refractivity (Wildman–Crippen MR) is 129 cm³/mol. The summed E-state index contributed by atoms with van der Waals surface area (Å²) in [6.45, 7) is 5.71. The molecule has 6 nitrogen and oxygen atoms in total.